The molecule has 1 amide bonds. The summed E-state index contributed by atoms with van der Waals surface area (Å²) in [6.45, 7) is 5.93. The molecule has 1 aromatic heterocycles. The number of thiazole rings is 1. The first-order valence-electron chi connectivity index (χ1n) is 5.91. The maximum Gasteiger partial charge on any atom is 0.305 e. The number of nitrogens with zero attached hydrogens (tertiary/aromatic N) is 1. The number of carbonyl (C=O) groups is 2. The van der Waals surface area contributed by atoms with Gasteiger partial charge < -0.3 is 16.2 Å². The molecule has 0 aliphatic heterocycles. The van der Waals surface area contributed by atoms with Gasteiger partial charge in [0, 0.05) is 18.0 Å². The second-order valence-corrected chi connectivity index (χ2v) is 6.26. The van der Waals surface area contributed by atoms with E-state index >= 15 is 0 Å². The molecule has 106 valence electrons. The predicted molar refractivity (Wildman–Crippen MR) is 73.0 cm³/mol. The Morgan fingerprint density at radius 2 is 2.16 bits per heavy atom. The number of carbonyl (C=O) groups excluding carboxylic acids is 1. The van der Waals surface area contributed by atoms with Gasteiger partial charge in [-0.1, -0.05) is 20.8 Å². The Kier molecular flexibility index (Phi) is 5.02. The van der Waals surface area contributed by atoms with E-state index in [-0.39, 0.29) is 30.0 Å². The lowest BCUT2D eigenvalue weighted by Crippen LogP contribution is -2.45. The Bertz CT molecular complexity index is 465. The summed E-state index contributed by atoms with van der Waals surface area (Å²) >= 11 is 1.31. The molecule has 0 aliphatic rings. The second-order valence-electron chi connectivity index (χ2n) is 5.32. The third-order valence-electron chi connectivity index (χ3n) is 2.69. The first-order valence-corrected chi connectivity index (χ1v) is 6.79. The summed E-state index contributed by atoms with van der Waals surface area (Å²) < 4.78 is 0. The van der Waals surface area contributed by atoms with Crippen LogP contribution in [0.25, 0.3) is 0 Å². The van der Waals surface area contributed by atoms with Crippen molar-refractivity contribution >= 4 is 23.2 Å². The first-order chi connectivity index (χ1) is 8.74. The molecule has 0 radical (unpaired) electrons. The van der Waals surface area contributed by atoms with Crippen LogP contribution in [0.4, 0.5) is 0 Å². The molecule has 0 saturated heterocycles. The summed E-state index contributed by atoms with van der Waals surface area (Å²) in [6, 6.07) is -0.458. The number of hydrogen-bond donors (Lipinski definition) is 3. The van der Waals surface area contributed by atoms with Crippen LogP contribution in [0.2, 0.25) is 0 Å². The van der Waals surface area contributed by atoms with Crippen molar-refractivity contribution in [3.63, 3.8) is 0 Å². The highest BCUT2D eigenvalue weighted by atomic mass is 32.1. The van der Waals surface area contributed by atoms with Crippen molar-refractivity contribution in [2.24, 2.45) is 11.1 Å². The van der Waals surface area contributed by atoms with Crippen LogP contribution in [0.1, 0.15) is 42.7 Å². The highest BCUT2D eigenvalue weighted by Gasteiger charge is 2.29. The number of rotatable bonds is 5. The third kappa shape index (κ3) is 4.60. The minimum atomic E-state index is -0.943. The minimum Gasteiger partial charge on any atom is -0.481 e. The molecule has 0 aromatic carbocycles. The van der Waals surface area contributed by atoms with Crippen molar-refractivity contribution in [3.05, 3.63) is 16.1 Å². The standard InChI is InChI=1S/C12H19N3O3S/c1-12(2,3)8(4-10(16)17)15-11(18)7-6-19-9(5-13)14-7/h6,8H,4-5,13H2,1-3H3,(H,15,18)(H,16,17). The first kappa shape index (κ1) is 15.6. The predicted octanol–water partition coefficient (Wildman–Crippen LogP) is 1.22. The maximum atomic E-state index is 12.0. The van der Waals surface area contributed by atoms with Crippen LogP contribution in [-0.4, -0.2) is 28.0 Å². The SMILES string of the molecule is CC(C)(C)C(CC(=O)O)NC(=O)c1csc(CN)n1. The van der Waals surface area contributed by atoms with Crippen LogP contribution in [0.3, 0.4) is 0 Å². The van der Waals surface area contributed by atoms with E-state index in [1.807, 2.05) is 20.8 Å². The van der Waals surface area contributed by atoms with Crippen LogP contribution in [-0.2, 0) is 11.3 Å². The van der Waals surface area contributed by atoms with Crippen molar-refractivity contribution in [3.8, 4) is 0 Å². The Hall–Kier alpha value is -1.47. The van der Waals surface area contributed by atoms with Crippen LogP contribution in [0.15, 0.2) is 5.38 Å². The van der Waals surface area contributed by atoms with E-state index in [2.05, 4.69) is 10.3 Å². The molecular formula is C12H19N3O3S. The fourth-order valence-electron chi connectivity index (χ4n) is 1.49. The van der Waals surface area contributed by atoms with Crippen LogP contribution < -0.4 is 11.1 Å². The molecule has 1 heterocycles. The van der Waals surface area contributed by atoms with Crippen molar-refractivity contribution < 1.29 is 14.7 Å². The summed E-state index contributed by atoms with van der Waals surface area (Å²) in [5, 5.41) is 13.9. The van der Waals surface area contributed by atoms with Crippen molar-refractivity contribution in [1.82, 2.24) is 10.3 Å². The molecule has 0 fully saturated rings. The van der Waals surface area contributed by atoms with E-state index in [0.717, 1.165) is 0 Å². The molecule has 6 nitrogen and oxygen atoms in total. The Labute approximate surface area is 116 Å². The number of hydrogen-bond acceptors (Lipinski definition) is 5. The molecule has 0 aliphatic carbocycles. The quantitative estimate of drug-likeness (QED) is 0.754. The second kappa shape index (κ2) is 6.12. The molecule has 0 spiro atoms. The van der Waals surface area contributed by atoms with Gasteiger partial charge >= 0.3 is 5.97 Å². The van der Waals surface area contributed by atoms with Gasteiger partial charge in [-0.3, -0.25) is 9.59 Å². The van der Waals surface area contributed by atoms with E-state index in [9.17, 15) is 9.59 Å². The molecule has 1 aromatic rings. The Balaban J connectivity index is 2.78. The van der Waals surface area contributed by atoms with Crippen LogP contribution >= 0.6 is 11.3 Å². The third-order valence-corrected chi connectivity index (χ3v) is 3.56. The molecule has 1 rings (SSSR count). The normalized spacial score (nSPS) is 13.1. The fourth-order valence-corrected chi connectivity index (χ4v) is 2.14. The molecule has 19 heavy (non-hydrogen) atoms. The molecular weight excluding hydrogens is 266 g/mol. The van der Waals surface area contributed by atoms with Gasteiger partial charge in [-0.25, -0.2) is 4.98 Å². The molecule has 4 N–H and O–H groups in total. The van der Waals surface area contributed by atoms with E-state index < -0.39 is 12.0 Å². The summed E-state index contributed by atoms with van der Waals surface area (Å²) in [6.07, 6.45) is -0.122. The van der Waals surface area contributed by atoms with E-state index in [1.165, 1.54) is 11.3 Å². The summed E-state index contributed by atoms with van der Waals surface area (Å²) in [5.74, 6) is -1.31. The zero-order valence-corrected chi connectivity index (χ0v) is 12.1. The van der Waals surface area contributed by atoms with Gasteiger partial charge in [0.15, 0.2) is 0 Å². The van der Waals surface area contributed by atoms with E-state index in [1.54, 1.807) is 5.38 Å². The largest absolute Gasteiger partial charge is 0.481 e. The topological polar surface area (TPSA) is 105 Å². The number of nitrogens with one attached hydrogen (secondary N) is 1. The van der Waals surface area contributed by atoms with Gasteiger partial charge in [0.1, 0.15) is 10.7 Å². The zero-order chi connectivity index (χ0) is 14.6. The van der Waals surface area contributed by atoms with E-state index in [0.29, 0.717) is 5.01 Å². The average Bonchev–Trinajstić information content (AvgIpc) is 2.74. The van der Waals surface area contributed by atoms with Crippen molar-refractivity contribution in [1.29, 1.82) is 0 Å². The van der Waals surface area contributed by atoms with Gasteiger partial charge in [0.05, 0.1) is 6.42 Å². The van der Waals surface area contributed by atoms with Crippen LogP contribution in [0.5, 0.6) is 0 Å². The molecule has 1 unspecified atom stereocenters. The van der Waals surface area contributed by atoms with Crippen molar-refractivity contribution in [2.75, 3.05) is 0 Å². The average molecular weight is 285 g/mol. The molecule has 1 atom stereocenters. The Morgan fingerprint density at radius 1 is 1.53 bits per heavy atom. The number of aromatic nitrogens is 1. The van der Waals surface area contributed by atoms with Gasteiger partial charge in [-0.15, -0.1) is 11.3 Å². The zero-order valence-electron chi connectivity index (χ0n) is 11.3. The number of carboxylic acids is 1. The number of nitrogens with two attached hydrogens (primary N) is 1. The number of aliphatic carboxylic acids is 1. The van der Waals surface area contributed by atoms with Gasteiger partial charge in [0.2, 0.25) is 0 Å². The van der Waals surface area contributed by atoms with Crippen LogP contribution in [0, 0.1) is 5.41 Å². The number of amides is 1. The minimum absolute atomic E-state index is 0.122. The maximum absolute atomic E-state index is 12.0. The summed E-state index contributed by atoms with van der Waals surface area (Å²) in [5.41, 5.74) is 5.37. The van der Waals surface area contributed by atoms with E-state index in [4.69, 9.17) is 10.8 Å². The summed E-state index contributed by atoms with van der Waals surface area (Å²) in [4.78, 5) is 26.9. The highest BCUT2D eigenvalue weighted by molar-refractivity contribution is 7.09. The fraction of sp³-hybridized carbons (Fsp3) is 0.583. The van der Waals surface area contributed by atoms with Gasteiger partial charge in [-0.05, 0) is 5.41 Å². The summed E-state index contributed by atoms with van der Waals surface area (Å²) in [7, 11) is 0. The van der Waals surface area contributed by atoms with Gasteiger partial charge in [-0.2, -0.15) is 0 Å². The molecule has 7 heteroatoms. The highest BCUT2D eigenvalue weighted by Crippen LogP contribution is 2.22. The molecule has 0 bridgehead atoms. The smallest absolute Gasteiger partial charge is 0.305 e. The molecule has 0 saturated carbocycles. The lowest BCUT2D eigenvalue weighted by atomic mass is 9.84. The Morgan fingerprint density at radius 3 is 2.58 bits per heavy atom. The van der Waals surface area contributed by atoms with Gasteiger partial charge in [0.25, 0.3) is 5.91 Å². The monoisotopic (exact) mass is 285 g/mol. The van der Waals surface area contributed by atoms with Crippen molar-refractivity contribution in [2.45, 2.75) is 39.8 Å². The lowest BCUT2D eigenvalue weighted by Gasteiger charge is -2.30. The lowest BCUT2D eigenvalue weighted by molar-refractivity contribution is -0.138. The number of carboxylic acid groups (broad SMARTS) is 1.